The quantitative estimate of drug-likeness (QED) is 0.0263. The minimum absolute atomic E-state index is 0.00212. The number of unbranched alkanes of at least 4 members (excludes halogenated alkanes) is 2. The van der Waals surface area contributed by atoms with Gasteiger partial charge in [0.05, 0.1) is 83.7 Å². The molecule has 0 N–H and O–H groups in total. The summed E-state index contributed by atoms with van der Waals surface area (Å²) in [4.78, 5) is 12.8. The fourth-order valence-electron chi connectivity index (χ4n) is 10.6. The molecule has 2 aliphatic heterocycles. The van der Waals surface area contributed by atoms with Crippen molar-refractivity contribution in [1.29, 1.82) is 0 Å². The average Bonchev–Trinajstić information content (AvgIpc) is 3.44. The van der Waals surface area contributed by atoms with Crippen molar-refractivity contribution in [3.63, 3.8) is 0 Å². The second-order valence-corrected chi connectivity index (χ2v) is 37.2. The number of methoxy groups -OCH3 is 4. The smallest absolute Gasteiger partial charge is 0.311 e. The maximum absolute atomic E-state index is 12.8. The van der Waals surface area contributed by atoms with Gasteiger partial charge < -0.3 is 56.2 Å². The van der Waals surface area contributed by atoms with Crippen molar-refractivity contribution in [2.45, 2.75) is 252 Å². The molecule has 2 heterocycles. The molecule has 3 aromatic rings. The van der Waals surface area contributed by atoms with Crippen molar-refractivity contribution in [2.75, 3.05) is 35.0 Å². The van der Waals surface area contributed by atoms with Gasteiger partial charge in [-0.15, -0.1) is 0 Å². The summed E-state index contributed by atoms with van der Waals surface area (Å²) in [7, 11) is 2.20. The van der Waals surface area contributed by atoms with E-state index in [1.807, 2.05) is 93.6 Å². The van der Waals surface area contributed by atoms with Crippen molar-refractivity contribution in [3.05, 3.63) is 102 Å². The zero-order valence-corrected chi connectivity index (χ0v) is 56.9. The van der Waals surface area contributed by atoms with Crippen LogP contribution >= 0.6 is 0 Å². The lowest BCUT2D eigenvalue weighted by Gasteiger charge is -2.55. The number of hydrogen-bond acceptors (Lipinski definition) is 13. The van der Waals surface area contributed by atoms with E-state index >= 15 is 0 Å². The molecular weight excluding hydrogens is 1080 g/mol. The van der Waals surface area contributed by atoms with E-state index in [4.69, 9.17) is 62.8 Å². The molecule has 0 aromatic heterocycles. The standard InChI is InChI=1S/C68H110O13Si2/c1-22-23-26-56(80-82(18,19)66(8,9)10)41-47(2)42-58-62(76-45-51-30-36-54(71-15)37-31-51)60(75-44-50-28-34-53(70-14)35-29-50)49(4)61(78-58)63(77-46-52-32-38-55(72-16)39-33-52)68(73-17)43-59(81-83(20,21)67(11,12)13)48(3)57(79-68)27-24-25-40-74-64(69)65(5,6)7/h28-39,48-49,56-63H,2,22-27,40-46H2,1,3-21H3/t48-,49-,56+,57-,58-,59+,60-,61-,62+,63+,68-/m1/s1. The Morgan fingerprint density at radius 3 is 1.65 bits per heavy atom. The van der Waals surface area contributed by atoms with Crippen LogP contribution in [0.25, 0.3) is 0 Å². The fourth-order valence-corrected chi connectivity index (χ4v) is 13.4. The van der Waals surface area contributed by atoms with Crippen LogP contribution in [0.4, 0.5) is 0 Å². The summed E-state index contributed by atoms with van der Waals surface area (Å²) in [6.45, 7) is 41.3. The summed E-state index contributed by atoms with van der Waals surface area (Å²) in [6, 6.07) is 24.0. The normalized spacial score (nSPS) is 24.4. The van der Waals surface area contributed by atoms with Gasteiger partial charge in [-0.05, 0) is 149 Å². The Morgan fingerprint density at radius 1 is 0.675 bits per heavy atom. The monoisotopic (exact) mass is 1190 g/mol. The van der Waals surface area contributed by atoms with E-state index in [0.717, 1.165) is 65.2 Å². The van der Waals surface area contributed by atoms with Crippen molar-refractivity contribution in [1.82, 2.24) is 0 Å². The second kappa shape index (κ2) is 30.8. The number of ether oxygens (including phenoxy) is 10. The van der Waals surface area contributed by atoms with Crippen molar-refractivity contribution in [3.8, 4) is 17.2 Å². The Hall–Kier alpha value is -3.62. The molecule has 11 atom stereocenters. The van der Waals surface area contributed by atoms with E-state index in [-0.39, 0.29) is 52.8 Å². The first kappa shape index (κ1) is 70.1. The molecule has 0 amide bonds. The SMILES string of the molecule is C=C(C[C@H](CCCC)O[Si](C)(C)C(C)(C)C)C[C@H]1O[C@@H]([C@H](OCc2ccc(OC)cc2)[C@@]2(OC)C[C@H](O[Si](C)(C)C(C)(C)C)[C@H](C)[C@@H](CCCCOC(=O)C(C)(C)C)O2)[C@H](C)[C@@H](OCc2ccc(OC)cc2)[C@H]1OCc1ccc(OC)cc1. The molecule has 5 rings (SSSR count). The highest BCUT2D eigenvalue weighted by molar-refractivity contribution is 6.74. The molecular formula is C68H110O13Si2. The summed E-state index contributed by atoms with van der Waals surface area (Å²) in [5.74, 6) is 0.325. The molecule has 2 fully saturated rings. The Balaban J connectivity index is 1.68. The van der Waals surface area contributed by atoms with Gasteiger partial charge in [0.25, 0.3) is 0 Å². The third kappa shape index (κ3) is 19.7. The molecule has 13 nitrogen and oxygen atoms in total. The predicted molar refractivity (Wildman–Crippen MR) is 337 cm³/mol. The van der Waals surface area contributed by atoms with E-state index in [1.165, 1.54) is 0 Å². The lowest BCUT2D eigenvalue weighted by Crippen LogP contribution is -2.67. The summed E-state index contributed by atoms with van der Waals surface area (Å²) in [5.41, 5.74) is 3.36. The highest BCUT2D eigenvalue weighted by Crippen LogP contribution is 2.49. The first-order valence-corrected chi connectivity index (χ1v) is 36.5. The number of hydrogen-bond donors (Lipinski definition) is 0. The molecule has 0 saturated carbocycles. The molecule has 0 radical (unpaired) electrons. The average molecular weight is 1190 g/mol. The number of esters is 1. The van der Waals surface area contributed by atoms with Gasteiger partial charge in [0.15, 0.2) is 22.4 Å². The number of rotatable bonds is 31. The van der Waals surface area contributed by atoms with E-state index < -0.39 is 58.4 Å². The maximum atomic E-state index is 12.8. The summed E-state index contributed by atoms with van der Waals surface area (Å²) < 4.78 is 81.6. The molecule has 468 valence electrons. The van der Waals surface area contributed by atoms with Crippen LogP contribution in [0.15, 0.2) is 84.9 Å². The van der Waals surface area contributed by atoms with Crippen LogP contribution < -0.4 is 14.2 Å². The number of carbonyl (C=O) groups excluding carboxylic acids is 1. The minimum atomic E-state index is -2.39. The van der Waals surface area contributed by atoms with Crippen LogP contribution in [0, 0.1) is 17.3 Å². The summed E-state index contributed by atoms with van der Waals surface area (Å²) in [6.07, 6.45) is 2.97. The van der Waals surface area contributed by atoms with Gasteiger partial charge in [-0.1, -0.05) is 124 Å². The first-order valence-electron chi connectivity index (χ1n) is 30.7. The number of benzene rings is 3. The Morgan fingerprint density at radius 2 is 1.18 bits per heavy atom. The Bertz CT molecular complexity index is 2410. The first-order chi connectivity index (χ1) is 38.9. The molecule has 0 aliphatic carbocycles. The molecule has 15 heteroatoms. The van der Waals surface area contributed by atoms with E-state index in [2.05, 4.69) is 88.5 Å². The van der Waals surface area contributed by atoms with Gasteiger partial charge in [-0.25, -0.2) is 0 Å². The van der Waals surface area contributed by atoms with Gasteiger partial charge in [0.2, 0.25) is 0 Å². The molecule has 2 aliphatic rings. The van der Waals surface area contributed by atoms with Crippen LogP contribution in [-0.4, -0.2) is 112 Å². The summed E-state index contributed by atoms with van der Waals surface area (Å²) >= 11 is 0. The molecule has 2 saturated heterocycles. The topological polar surface area (TPSA) is 128 Å². The van der Waals surface area contributed by atoms with Gasteiger partial charge in [-0.3, -0.25) is 4.79 Å². The Labute approximate surface area is 504 Å². The molecule has 0 unspecified atom stereocenters. The highest BCUT2D eigenvalue weighted by atomic mass is 28.4. The van der Waals surface area contributed by atoms with Crippen LogP contribution in [-0.2, 0) is 66.6 Å². The van der Waals surface area contributed by atoms with Gasteiger partial charge >= 0.3 is 5.97 Å². The predicted octanol–water partition coefficient (Wildman–Crippen LogP) is 16.0. The lowest BCUT2D eigenvalue weighted by molar-refractivity contribution is -0.368. The van der Waals surface area contributed by atoms with Crippen LogP contribution in [0.3, 0.4) is 0 Å². The maximum Gasteiger partial charge on any atom is 0.311 e. The minimum Gasteiger partial charge on any atom is -0.497 e. The molecule has 0 spiro atoms. The zero-order chi connectivity index (χ0) is 61.6. The highest BCUT2D eigenvalue weighted by Gasteiger charge is 2.59. The van der Waals surface area contributed by atoms with Gasteiger partial charge in [-0.2, -0.15) is 0 Å². The molecule has 83 heavy (non-hydrogen) atoms. The van der Waals surface area contributed by atoms with E-state index in [0.29, 0.717) is 51.9 Å². The van der Waals surface area contributed by atoms with Crippen LogP contribution in [0.5, 0.6) is 17.2 Å². The van der Waals surface area contributed by atoms with Gasteiger partial charge in [0, 0.05) is 31.5 Å². The molecule has 0 bridgehead atoms. The van der Waals surface area contributed by atoms with Crippen LogP contribution in [0.1, 0.15) is 158 Å². The van der Waals surface area contributed by atoms with Crippen molar-refractivity contribution < 1.29 is 61.0 Å². The zero-order valence-electron chi connectivity index (χ0n) is 54.9. The van der Waals surface area contributed by atoms with Gasteiger partial charge in [0.1, 0.15) is 29.5 Å². The third-order valence-corrected chi connectivity index (χ3v) is 27.1. The van der Waals surface area contributed by atoms with Crippen molar-refractivity contribution in [2.24, 2.45) is 17.3 Å². The number of carbonyl (C=O) groups is 1. The van der Waals surface area contributed by atoms with E-state index in [9.17, 15) is 4.79 Å². The van der Waals surface area contributed by atoms with Crippen LogP contribution in [0.2, 0.25) is 36.3 Å². The summed E-state index contributed by atoms with van der Waals surface area (Å²) in [5, 5.41) is -0.0378. The lowest BCUT2D eigenvalue weighted by atomic mass is 9.78. The molecule has 3 aromatic carbocycles. The Kier molecular flexibility index (Phi) is 26.1. The van der Waals surface area contributed by atoms with Crippen molar-refractivity contribution >= 4 is 22.6 Å². The van der Waals surface area contributed by atoms with E-state index in [1.54, 1.807) is 28.4 Å². The largest absolute Gasteiger partial charge is 0.497 e. The second-order valence-electron chi connectivity index (χ2n) is 27.7. The fraction of sp³-hybridized carbons (Fsp3) is 0.691. The third-order valence-electron chi connectivity index (χ3n) is 18.1.